The van der Waals surface area contributed by atoms with E-state index in [9.17, 15) is 10.2 Å². The Kier molecular flexibility index (Phi) is 4.32. The molecule has 0 fully saturated rings. The van der Waals surface area contributed by atoms with Crippen LogP contribution in [0.15, 0.2) is 36.4 Å². The Morgan fingerprint density at radius 1 is 1.10 bits per heavy atom. The van der Waals surface area contributed by atoms with Gasteiger partial charge in [-0.3, -0.25) is 0 Å². The molecule has 0 radical (unpaired) electrons. The molecule has 5 heteroatoms. The van der Waals surface area contributed by atoms with E-state index < -0.39 is 0 Å². The van der Waals surface area contributed by atoms with Crippen LogP contribution in [0.25, 0.3) is 11.1 Å². The van der Waals surface area contributed by atoms with Crippen molar-refractivity contribution in [3.8, 4) is 22.6 Å². The number of hydrogen-bond acceptors (Lipinski definition) is 5. The first-order valence-corrected chi connectivity index (χ1v) is 6.26. The fourth-order valence-electron chi connectivity index (χ4n) is 1.99. The first-order valence-electron chi connectivity index (χ1n) is 6.26. The normalized spacial score (nSPS) is 10.4. The number of phenols is 2. The molecule has 0 amide bonds. The summed E-state index contributed by atoms with van der Waals surface area (Å²) >= 11 is 0. The third-order valence-electron chi connectivity index (χ3n) is 2.88. The average molecular weight is 274 g/mol. The maximum absolute atomic E-state index is 9.60. The highest BCUT2D eigenvalue weighted by Crippen LogP contribution is 2.34. The first-order chi connectivity index (χ1) is 9.60. The zero-order valence-corrected chi connectivity index (χ0v) is 11.3. The third kappa shape index (κ3) is 3.33. The molecule has 0 aliphatic rings. The molecule has 0 bridgehead atoms. The minimum absolute atomic E-state index is 0.00488. The molecular formula is C15H18N2O3. The molecule has 0 atom stereocenters. The minimum Gasteiger partial charge on any atom is -0.508 e. The lowest BCUT2D eigenvalue weighted by molar-refractivity contribution is 0.211. The molecule has 0 heterocycles. The standard InChI is InChI=1S/C15H18N2O3/c1-20-5-4-17-15-3-2-11(16)8-14(15)10-6-12(18)9-13(19)7-10/h2-3,6-9,17-19H,4-5,16H2,1H3. The van der Waals surface area contributed by atoms with Gasteiger partial charge >= 0.3 is 0 Å². The second-order valence-corrected chi connectivity index (χ2v) is 4.46. The van der Waals surface area contributed by atoms with Gasteiger partial charge in [0.25, 0.3) is 0 Å². The van der Waals surface area contributed by atoms with Gasteiger partial charge in [0.2, 0.25) is 0 Å². The molecule has 0 aliphatic heterocycles. The summed E-state index contributed by atoms with van der Waals surface area (Å²) in [4.78, 5) is 0. The molecule has 5 nitrogen and oxygen atoms in total. The molecule has 2 aromatic rings. The topological polar surface area (TPSA) is 87.7 Å². The maximum Gasteiger partial charge on any atom is 0.119 e. The molecule has 0 saturated carbocycles. The lowest BCUT2D eigenvalue weighted by atomic mass is 10.0. The molecule has 0 aromatic heterocycles. The molecule has 2 aromatic carbocycles. The molecule has 0 saturated heterocycles. The zero-order chi connectivity index (χ0) is 14.5. The van der Waals surface area contributed by atoms with Crippen molar-refractivity contribution in [2.24, 2.45) is 0 Å². The quantitative estimate of drug-likeness (QED) is 0.497. The molecule has 5 N–H and O–H groups in total. The highest BCUT2D eigenvalue weighted by atomic mass is 16.5. The predicted molar refractivity (Wildman–Crippen MR) is 80.0 cm³/mol. The molecule has 0 spiro atoms. The van der Waals surface area contributed by atoms with Crippen LogP contribution in [0.2, 0.25) is 0 Å². The Balaban J connectivity index is 2.40. The number of nitrogen functional groups attached to an aromatic ring is 1. The van der Waals surface area contributed by atoms with E-state index in [2.05, 4.69) is 5.32 Å². The van der Waals surface area contributed by atoms with Gasteiger partial charge in [0.15, 0.2) is 0 Å². The van der Waals surface area contributed by atoms with Gasteiger partial charge in [0.05, 0.1) is 6.61 Å². The number of nitrogens with one attached hydrogen (secondary N) is 1. The lowest BCUT2D eigenvalue weighted by Crippen LogP contribution is -2.08. The van der Waals surface area contributed by atoms with Gasteiger partial charge in [-0.2, -0.15) is 0 Å². The van der Waals surface area contributed by atoms with Gasteiger partial charge in [0.1, 0.15) is 11.5 Å². The van der Waals surface area contributed by atoms with Crippen LogP contribution in [0.5, 0.6) is 11.5 Å². The number of hydrogen-bond donors (Lipinski definition) is 4. The van der Waals surface area contributed by atoms with Gasteiger partial charge in [-0.25, -0.2) is 0 Å². The zero-order valence-electron chi connectivity index (χ0n) is 11.3. The van der Waals surface area contributed by atoms with Crippen LogP contribution >= 0.6 is 0 Å². The summed E-state index contributed by atoms with van der Waals surface area (Å²) in [6, 6.07) is 9.89. The Labute approximate surface area is 117 Å². The lowest BCUT2D eigenvalue weighted by Gasteiger charge is -2.13. The fourth-order valence-corrected chi connectivity index (χ4v) is 1.99. The molecule has 106 valence electrons. The average Bonchev–Trinajstić information content (AvgIpc) is 2.39. The Bertz CT molecular complexity index is 579. The molecular weight excluding hydrogens is 256 g/mol. The highest BCUT2D eigenvalue weighted by Gasteiger charge is 2.08. The van der Waals surface area contributed by atoms with Crippen molar-refractivity contribution < 1.29 is 14.9 Å². The Morgan fingerprint density at radius 2 is 1.80 bits per heavy atom. The monoisotopic (exact) mass is 274 g/mol. The van der Waals surface area contributed by atoms with Crippen LogP contribution in [0.1, 0.15) is 0 Å². The number of methoxy groups -OCH3 is 1. The Morgan fingerprint density at radius 3 is 2.45 bits per heavy atom. The van der Waals surface area contributed by atoms with Crippen LogP contribution in [-0.4, -0.2) is 30.5 Å². The minimum atomic E-state index is 0.00488. The number of ether oxygens (including phenoxy) is 1. The van der Waals surface area contributed by atoms with E-state index in [4.69, 9.17) is 10.5 Å². The highest BCUT2D eigenvalue weighted by molar-refractivity contribution is 5.82. The van der Waals surface area contributed by atoms with E-state index >= 15 is 0 Å². The van der Waals surface area contributed by atoms with E-state index in [1.807, 2.05) is 6.07 Å². The second kappa shape index (κ2) is 6.16. The van der Waals surface area contributed by atoms with Crippen molar-refractivity contribution in [3.63, 3.8) is 0 Å². The van der Waals surface area contributed by atoms with Crippen molar-refractivity contribution in [1.82, 2.24) is 0 Å². The van der Waals surface area contributed by atoms with Crippen LogP contribution in [0.3, 0.4) is 0 Å². The summed E-state index contributed by atoms with van der Waals surface area (Å²) in [6.07, 6.45) is 0. The van der Waals surface area contributed by atoms with E-state index in [0.717, 1.165) is 11.3 Å². The number of anilines is 2. The number of phenolic OH excluding ortho intramolecular Hbond substituents is 2. The second-order valence-electron chi connectivity index (χ2n) is 4.46. The van der Waals surface area contributed by atoms with Gasteiger partial charge < -0.3 is 26.0 Å². The molecule has 2 rings (SSSR count). The fraction of sp³-hybridized carbons (Fsp3) is 0.200. The van der Waals surface area contributed by atoms with E-state index in [-0.39, 0.29) is 11.5 Å². The summed E-state index contributed by atoms with van der Waals surface area (Å²) in [5.74, 6) is 0.00975. The summed E-state index contributed by atoms with van der Waals surface area (Å²) in [6.45, 7) is 1.23. The number of rotatable bonds is 5. The molecule has 0 unspecified atom stereocenters. The smallest absolute Gasteiger partial charge is 0.119 e. The van der Waals surface area contributed by atoms with Crippen molar-refractivity contribution in [3.05, 3.63) is 36.4 Å². The molecule has 20 heavy (non-hydrogen) atoms. The molecule has 0 aliphatic carbocycles. The van der Waals surface area contributed by atoms with Gasteiger partial charge in [-0.15, -0.1) is 0 Å². The van der Waals surface area contributed by atoms with E-state index in [1.165, 1.54) is 6.07 Å². The van der Waals surface area contributed by atoms with Crippen LogP contribution in [0, 0.1) is 0 Å². The van der Waals surface area contributed by atoms with Gasteiger partial charge in [0, 0.05) is 36.7 Å². The van der Waals surface area contributed by atoms with Crippen molar-refractivity contribution in [2.75, 3.05) is 31.3 Å². The van der Waals surface area contributed by atoms with Crippen LogP contribution in [-0.2, 0) is 4.74 Å². The first kappa shape index (κ1) is 14.0. The van der Waals surface area contributed by atoms with Crippen molar-refractivity contribution in [1.29, 1.82) is 0 Å². The van der Waals surface area contributed by atoms with Crippen molar-refractivity contribution >= 4 is 11.4 Å². The summed E-state index contributed by atoms with van der Waals surface area (Å²) in [5, 5.41) is 22.4. The summed E-state index contributed by atoms with van der Waals surface area (Å²) in [7, 11) is 1.64. The maximum atomic E-state index is 9.60. The third-order valence-corrected chi connectivity index (χ3v) is 2.88. The van der Waals surface area contributed by atoms with E-state index in [1.54, 1.807) is 31.4 Å². The summed E-state index contributed by atoms with van der Waals surface area (Å²) in [5.41, 5.74) is 8.79. The Hall–Kier alpha value is -2.40. The van der Waals surface area contributed by atoms with Gasteiger partial charge in [-0.1, -0.05) is 0 Å². The number of benzene rings is 2. The largest absolute Gasteiger partial charge is 0.508 e. The SMILES string of the molecule is COCCNc1ccc(N)cc1-c1cc(O)cc(O)c1. The van der Waals surface area contributed by atoms with Crippen molar-refractivity contribution in [2.45, 2.75) is 0 Å². The van der Waals surface area contributed by atoms with Crippen LogP contribution in [0.4, 0.5) is 11.4 Å². The van der Waals surface area contributed by atoms with E-state index in [0.29, 0.717) is 24.4 Å². The summed E-state index contributed by atoms with van der Waals surface area (Å²) < 4.78 is 5.00. The predicted octanol–water partition coefficient (Wildman–Crippen LogP) is 2.41. The number of nitrogens with two attached hydrogens (primary N) is 1. The number of aromatic hydroxyl groups is 2. The van der Waals surface area contributed by atoms with Crippen LogP contribution < -0.4 is 11.1 Å². The van der Waals surface area contributed by atoms with Gasteiger partial charge in [-0.05, 0) is 35.9 Å².